The predicted molar refractivity (Wildman–Crippen MR) is 110 cm³/mol. The SMILES string of the molecule is CCN(C(=O)COC(=O)c1cc(C2CC2)nn1-c1ccccc1)c1ccccc1. The van der Waals surface area contributed by atoms with Crippen molar-refractivity contribution in [1.29, 1.82) is 0 Å². The zero-order valence-electron chi connectivity index (χ0n) is 16.3. The molecule has 0 bridgehead atoms. The van der Waals surface area contributed by atoms with Gasteiger partial charge in [0.05, 0.1) is 11.4 Å². The number of ether oxygens (including phenoxy) is 1. The molecule has 4 rings (SSSR count). The molecule has 1 fully saturated rings. The summed E-state index contributed by atoms with van der Waals surface area (Å²) in [4.78, 5) is 27.0. The second-order valence-corrected chi connectivity index (χ2v) is 7.03. The van der Waals surface area contributed by atoms with Crippen molar-refractivity contribution in [1.82, 2.24) is 9.78 Å². The number of benzene rings is 2. The summed E-state index contributed by atoms with van der Waals surface area (Å²) in [5.41, 5.74) is 2.80. The molecule has 1 heterocycles. The minimum atomic E-state index is -0.550. The Morgan fingerprint density at radius 3 is 2.34 bits per heavy atom. The van der Waals surface area contributed by atoms with Gasteiger partial charge >= 0.3 is 5.97 Å². The summed E-state index contributed by atoms with van der Waals surface area (Å²) in [7, 11) is 0. The van der Waals surface area contributed by atoms with E-state index in [0.29, 0.717) is 18.2 Å². The highest BCUT2D eigenvalue weighted by molar-refractivity contribution is 5.96. The van der Waals surface area contributed by atoms with Gasteiger partial charge < -0.3 is 9.64 Å². The molecule has 3 aromatic rings. The summed E-state index contributed by atoms with van der Waals surface area (Å²) in [5, 5.41) is 4.61. The first-order valence-corrected chi connectivity index (χ1v) is 9.85. The summed E-state index contributed by atoms with van der Waals surface area (Å²) < 4.78 is 6.99. The van der Waals surface area contributed by atoms with Crippen molar-refractivity contribution in [2.45, 2.75) is 25.7 Å². The first-order chi connectivity index (χ1) is 14.2. The van der Waals surface area contributed by atoms with Crippen LogP contribution in [-0.4, -0.2) is 34.8 Å². The van der Waals surface area contributed by atoms with Gasteiger partial charge in [0.2, 0.25) is 0 Å². The van der Waals surface area contributed by atoms with Crippen LogP contribution in [0, 0.1) is 0 Å². The third-order valence-electron chi connectivity index (χ3n) is 4.95. The molecule has 0 spiro atoms. The van der Waals surface area contributed by atoms with Crippen LogP contribution in [0.15, 0.2) is 66.7 Å². The van der Waals surface area contributed by atoms with Crippen LogP contribution in [0.5, 0.6) is 0 Å². The second-order valence-electron chi connectivity index (χ2n) is 7.03. The lowest BCUT2D eigenvalue weighted by molar-refractivity contribution is -0.121. The number of rotatable bonds is 7. The standard InChI is InChI=1S/C23H23N3O3/c1-2-25(18-9-5-3-6-10-18)22(27)16-29-23(28)21-15-20(17-13-14-17)24-26(21)19-11-7-4-8-12-19/h3-12,15,17H,2,13-14,16H2,1H3. The molecule has 0 N–H and O–H groups in total. The number of hydrogen-bond donors (Lipinski definition) is 0. The van der Waals surface area contributed by atoms with Gasteiger partial charge in [0.15, 0.2) is 12.3 Å². The van der Waals surface area contributed by atoms with Gasteiger partial charge in [-0.05, 0) is 50.1 Å². The second kappa shape index (κ2) is 8.31. The van der Waals surface area contributed by atoms with Gasteiger partial charge in [-0.1, -0.05) is 36.4 Å². The maximum atomic E-state index is 12.8. The molecule has 1 aromatic heterocycles. The molecule has 6 nitrogen and oxygen atoms in total. The van der Waals surface area contributed by atoms with E-state index in [1.807, 2.05) is 67.6 Å². The lowest BCUT2D eigenvalue weighted by atomic mass is 10.2. The fourth-order valence-electron chi connectivity index (χ4n) is 3.28. The van der Waals surface area contributed by atoms with Crippen LogP contribution in [0.1, 0.15) is 41.9 Å². The van der Waals surface area contributed by atoms with Crippen LogP contribution in [-0.2, 0) is 9.53 Å². The summed E-state index contributed by atoms with van der Waals surface area (Å²) in [6, 6.07) is 20.6. The quantitative estimate of drug-likeness (QED) is 0.574. The number of anilines is 1. The summed E-state index contributed by atoms with van der Waals surface area (Å²) in [5.74, 6) is -0.409. The van der Waals surface area contributed by atoms with Crippen molar-refractivity contribution < 1.29 is 14.3 Å². The number of aromatic nitrogens is 2. The fraction of sp³-hybridized carbons (Fsp3) is 0.261. The van der Waals surface area contributed by atoms with Crippen molar-refractivity contribution in [3.05, 3.63) is 78.1 Å². The third kappa shape index (κ3) is 4.21. The highest BCUT2D eigenvalue weighted by atomic mass is 16.5. The van der Waals surface area contributed by atoms with Crippen LogP contribution < -0.4 is 4.90 Å². The Balaban J connectivity index is 1.50. The van der Waals surface area contributed by atoms with E-state index in [1.165, 1.54) is 0 Å². The normalized spacial score (nSPS) is 13.1. The van der Waals surface area contributed by atoms with Crippen molar-refractivity contribution in [2.24, 2.45) is 0 Å². The van der Waals surface area contributed by atoms with Crippen LogP contribution in [0.4, 0.5) is 5.69 Å². The van der Waals surface area contributed by atoms with E-state index in [2.05, 4.69) is 5.10 Å². The third-order valence-corrected chi connectivity index (χ3v) is 4.95. The van der Waals surface area contributed by atoms with Crippen LogP contribution in [0.25, 0.3) is 5.69 Å². The average molecular weight is 389 g/mol. The topological polar surface area (TPSA) is 64.4 Å². The molecule has 29 heavy (non-hydrogen) atoms. The molecular formula is C23H23N3O3. The Hall–Kier alpha value is -3.41. The summed E-state index contributed by atoms with van der Waals surface area (Å²) in [6.45, 7) is 2.06. The van der Waals surface area contributed by atoms with E-state index in [9.17, 15) is 9.59 Å². The summed E-state index contributed by atoms with van der Waals surface area (Å²) in [6.07, 6.45) is 2.17. The highest BCUT2D eigenvalue weighted by Gasteiger charge is 2.29. The number of carbonyl (C=O) groups excluding carboxylic acids is 2. The molecule has 2 aromatic carbocycles. The number of nitrogens with zero attached hydrogens (tertiary/aromatic N) is 3. The molecule has 0 aliphatic heterocycles. The number of amides is 1. The number of likely N-dealkylation sites (N-methyl/N-ethyl adjacent to an activating group) is 1. The van der Waals surface area contributed by atoms with E-state index in [-0.39, 0.29) is 12.5 Å². The number of para-hydroxylation sites is 2. The Labute approximate surface area is 169 Å². The van der Waals surface area contributed by atoms with Crippen molar-refractivity contribution >= 4 is 17.6 Å². The molecule has 1 amide bonds. The average Bonchev–Trinajstić information content (AvgIpc) is 3.52. The van der Waals surface area contributed by atoms with Gasteiger partial charge in [-0.25, -0.2) is 9.48 Å². The van der Waals surface area contributed by atoms with E-state index in [0.717, 1.165) is 29.9 Å². The van der Waals surface area contributed by atoms with Gasteiger partial charge in [0, 0.05) is 18.2 Å². The number of hydrogen-bond acceptors (Lipinski definition) is 4. The smallest absolute Gasteiger partial charge is 0.357 e. The van der Waals surface area contributed by atoms with E-state index in [4.69, 9.17) is 4.74 Å². The van der Waals surface area contributed by atoms with Gasteiger partial charge in [0.25, 0.3) is 5.91 Å². The Kier molecular flexibility index (Phi) is 5.42. The Morgan fingerprint density at radius 2 is 1.72 bits per heavy atom. The van der Waals surface area contributed by atoms with Crippen molar-refractivity contribution in [3.63, 3.8) is 0 Å². The maximum Gasteiger partial charge on any atom is 0.357 e. The van der Waals surface area contributed by atoms with Crippen LogP contribution >= 0.6 is 0 Å². The maximum absolute atomic E-state index is 12.8. The zero-order chi connectivity index (χ0) is 20.2. The molecule has 6 heteroatoms. The van der Waals surface area contributed by atoms with Crippen molar-refractivity contribution in [2.75, 3.05) is 18.1 Å². The molecule has 0 unspecified atom stereocenters. The molecule has 148 valence electrons. The molecule has 0 atom stereocenters. The first-order valence-electron chi connectivity index (χ1n) is 9.85. The fourth-order valence-corrected chi connectivity index (χ4v) is 3.28. The van der Waals surface area contributed by atoms with E-state index >= 15 is 0 Å². The molecule has 0 radical (unpaired) electrons. The molecule has 0 saturated heterocycles. The zero-order valence-corrected chi connectivity index (χ0v) is 16.3. The monoisotopic (exact) mass is 389 g/mol. The minimum absolute atomic E-state index is 0.264. The number of esters is 1. The van der Waals surface area contributed by atoms with Gasteiger partial charge in [-0.3, -0.25) is 4.79 Å². The Bertz CT molecular complexity index is 995. The van der Waals surface area contributed by atoms with Gasteiger partial charge in [-0.2, -0.15) is 5.10 Å². The van der Waals surface area contributed by atoms with E-state index < -0.39 is 5.97 Å². The lowest BCUT2D eigenvalue weighted by Crippen LogP contribution is -2.34. The first kappa shape index (κ1) is 18.9. The molecule has 1 saturated carbocycles. The Morgan fingerprint density at radius 1 is 1.07 bits per heavy atom. The van der Waals surface area contributed by atoms with Gasteiger partial charge in [0.1, 0.15) is 0 Å². The van der Waals surface area contributed by atoms with E-state index in [1.54, 1.807) is 15.6 Å². The summed E-state index contributed by atoms with van der Waals surface area (Å²) >= 11 is 0. The minimum Gasteiger partial charge on any atom is -0.451 e. The van der Waals surface area contributed by atoms with Gasteiger partial charge in [-0.15, -0.1) is 0 Å². The largest absolute Gasteiger partial charge is 0.451 e. The molecular weight excluding hydrogens is 366 g/mol. The predicted octanol–water partition coefficient (Wildman–Crippen LogP) is 3.96. The molecule has 1 aliphatic carbocycles. The van der Waals surface area contributed by atoms with Crippen LogP contribution in [0.3, 0.4) is 0 Å². The number of carbonyl (C=O) groups is 2. The highest BCUT2D eigenvalue weighted by Crippen LogP contribution is 2.39. The molecule has 1 aliphatic rings. The van der Waals surface area contributed by atoms with Crippen molar-refractivity contribution in [3.8, 4) is 5.69 Å². The lowest BCUT2D eigenvalue weighted by Gasteiger charge is -2.20. The van der Waals surface area contributed by atoms with Crippen LogP contribution in [0.2, 0.25) is 0 Å².